The third-order valence-electron chi connectivity index (χ3n) is 3.77. The number of carbonyl (C=O) groups excluding carboxylic acids is 1. The van der Waals surface area contributed by atoms with Gasteiger partial charge < -0.3 is 14.7 Å². The normalized spacial score (nSPS) is 16.8. The summed E-state index contributed by atoms with van der Waals surface area (Å²) in [6.07, 6.45) is 3.58. The lowest BCUT2D eigenvalue weighted by atomic mass is 9.93. The Morgan fingerprint density at radius 2 is 2.13 bits per heavy atom. The predicted octanol–water partition coefficient (Wildman–Crippen LogP) is 3.47. The lowest BCUT2D eigenvalue weighted by Crippen LogP contribution is -2.39. The van der Waals surface area contributed by atoms with Gasteiger partial charge in [0, 0.05) is 24.8 Å². The van der Waals surface area contributed by atoms with Crippen LogP contribution in [0.25, 0.3) is 5.57 Å². The highest BCUT2D eigenvalue weighted by atomic mass is 16.6. The smallest absolute Gasteiger partial charge is 0.410 e. The molecule has 0 bridgehead atoms. The third kappa shape index (κ3) is 4.32. The molecule has 23 heavy (non-hydrogen) atoms. The fraction of sp³-hybridized carbons (Fsp3) is 0.556. The van der Waals surface area contributed by atoms with Crippen LogP contribution in [0.2, 0.25) is 0 Å². The monoisotopic (exact) mass is 318 g/mol. The number of ether oxygens (including phenoxy) is 1. The average Bonchev–Trinajstić information content (AvgIpc) is 2.45. The quantitative estimate of drug-likeness (QED) is 0.907. The van der Waals surface area contributed by atoms with E-state index in [2.05, 4.69) is 4.98 Å². The van der Waals surface area contributed by atoms with Crippen molar-refractivity contribution in [2.45, 2.75) is 52.7 Å². The van der Waals surface area contributed by atoms with E-state index < -0.39 is 11.7 Å². The fourth-order valence-corrected chi connectivity index (χ4v) is 2.70. The number of rotatable bonds is 2. The first-order chi connectivity index (χ1) is 10.7. The maximum Gasteiger partial charge on any atom is 0.410 e. The number of hydrogen-bond donors (Lipinski definition) is 1. The molecule has 0 saturated carbocycles. The SMILES string of the molecule is Cc1ccnc(C(C)O)c1C1=CCN(C(=O)OC(C)(C)C)CC1. The summed E-state index contributed by atoms with van der Waals surface area (Å²) in [5.74, 6) is 0. The van der Waals surface area contributed by atoms with Gasteiger partial charge in [-0.2, -0.15) is 0 Å². The molecule has 0 spiro atoms. The molecule has 1 unspecified atom stereocenters. The summed E-state index contributed by atoms with van der Waals surface area (Å²) in [5, 5.41) is 9.95. The molecule has 0 fully saturated rings. The maximum atomic E-state index is 12.1. The van der Waals surface area contributed by atoms with Crippen LogP contribution in [0.5, 0.6) is 0 Å². The molecule has 1 aliphatic rings. The van der Waals surface area contributed by atoms with Crippen LogP contribution in [0.15, 0.2) is 18.3 Å². The first-order valence-electron chi connectivity index (χ1n) is 8.00. The number of aryl methyl sites for hydroxylation is 1. The van der Waals surface area contributed by atoms with E-state index in [1.54, 1.807) is 18.0 Å². The summed E-state index contributed by atoms with van der Waals surface area (Å²) in [4.78, 5) is 18.1. The molecule has 1 N–H and O–H groups in total. The van der Waals surface area contributed by atoms with Gasteiger partial charge in [-0.25, -0.2) is 4.79 Å². The Morgan fingerprint density at radius 1 is 1.43 bits per heavy atom. The van der Waals surface area contributed by atoms with E-state index in [9.17, 15) is 9.90 Å². The number of pyridine rings is 1. The maximum absolute atomic E-state index is 12.1. The summed E-state index contributed by atoms with van der Waals surface area (Å²) >= 11 is 0. The van der Waals surface area contributed by atoms with Crippen molar-refractivity contribution in [1.29, 1.82) is 0 Å². The zero-order valence-corrected chi connectivity index (χ0v) is 14.6. The molecule has 5 nitrogen and oxygen atoms in total. The predicted molar refractivity (Wildman–Crippen MR) is 90.0 cm³/mol. The molecule has 1 aromatic heterocycles. The molecule has 5 heteroatoms. The number of aliphatic hydroxyl groups excluding tert-OH is 1. The Bertz CT molecular complexity index is 615. The van der Waals surface area contributed by atoms with Gasteiger partial charge in [0.05, 0.1) is 11.8 Å². The van der Waals surface area contributed by atoms with E-state index in [4.69, 9.17) is 4.74 Å². The van der Waals surface area contributed by atoms with Crippen molar-refractivity contribution in [3.05, 3.63) is 35.2 Å². The van der Waals surface area contributed by atoms with Gasteiger partial charge in [-0.15, -0.1) is 0 Å². The van der Waals surface area contributed by atoms with Gasteiger partial charge in [0.25, 0.3) is 0 Å². The fourth-order valence-electron chi connectivity index (χ4n) is 2.70. The van der Waals surface area contributed by atoms with Crippen molar-refractivity contribution >= 4 is 11.7 Å². The second kappa shape index (κ2) is 6.71. The minimum atomic E-state index is -0.616. The van der Waals surface area contributed by atoms with Crippen LogP contribution in [0.4, 0.5) is 4.79 Å². The van der Waals surface area contributed by atoms with Crippen molar-refractivity contribution in [1.82, 2.24) is 9.88 Å². The molecule has 0 saturated heterocycles. The van der Waals surface area contributed by atoms with Crippen LogP contribution < -0.4 is 0 Å². The number of aromatic nitrogens is 1. The Hall–Kier alpha value is -1.88. The van der Waals surface area contributed by atoms with E-state index in [1.165, 1.54) is 0 Å². The Labute approximate surface area is 138 Å². The van der Waals surface area contributed by atoms with Crippen molar-refractivity contribution in [2.24, 2.45) is 0 Å². The lowest BCUT2D eigenvalue weighted by Gasteiger charge is -2.30. The summed E-state index contributed by atoms with van der Waals surface area (Å²) in [5.41, 5.74) is 3.44. The highest BCUT2D eigenvalue weighted by Gasteiger charge is 2.25. The Balaban J connectivity index is 2.19. The van der Waals surface area contributed by atoms with Crippen LogP contribution in [0.3, 0.4) is 0 Å². The molecule has 0 aromatic carbocycles. The van der Waals surface area contributed by atoms with Gasteiger partial charge in [0.1, 0.15) is 5.60 Å². The lowest BCUT2D eigenvalue weighted by molar-refractivity contribution is 0.0270. The van der Waals surface area contributed by atoms with Crippen LogP contribution in [0, 0.1) is 6.92 Å². The van der Waals surface area contributed by atoms with Crippen molar-refractivity contribution < 1.29 is 14.6 Å². The molecule has 2 heterocycles. The number of carbonyl (C=O) groups is 1. The molecule has 126 valence electrons. The van der Waals surface area contributed by atoms with E-state index in [0.29, 0.717) is 18.8 Å². The third-order valence-corrected chi connectivity index (χ3v) is 3.77. The van der Waals surface area contributed by atoms with E-state index >= 15 is 0 Å². The van der Waals surface area contributed by atoms with Gasteiger partial charge in [-0.1, -0.05) is 6.08 Å². The second-order valence-corrected chi connectivity index (χ2v) is 6.97. The number of amides is 1. The van der Waals surface area contributed by atoms with Gasteiger partial charge in [-0.05, 0) is 58.2 Å². The molecule has 1 atom stereocenters. The molecule has 0 aliphatic carbocycles. The van der Waals surface area contributed by atoms with Crippen LogP contribution in [-0.4, -0.2) is 39.8 Å². The minimum Gasteiger partial charge on any atom is -0.444 e. The number of aliphatic hydroxyl groups is 1. The molecular formula is C18H26N2O3. The highest BCUT2D eigenvalue weighted by molar-refractivity contribution is 5.74. The summed E-state index contributed by atoms with van der Waals surface area (Å²) in [6, 6.07) is 1.95. The van der Waals surface area contributed by atoms with E-state index in [1.807, 2.05) is 39.8 Å². The van der Waals surface area contributed by atoms with Gasteiger partial charge in [0.2, 0.25) is 0 Å². The van der Waals surface area contributed by atoms with Crippen molar-refractivity contribution in [3.63, 3.8) is 0 Å². The Morgan fingerprint density at radius 3 is 2.65 bits per heavy atom. The van der Waals surface area contributed by atoms with Crippen molar-refractivity contribution in [2.75, 3.05) is 13.1 Å². The molecular weight excluding hydrogens is 292 g/mol. The summed E-state index contributed by atoms with van der Waals surface area (Å²) < 4.78 is 5.41. The minimum absolute atomic E-state index is 0.286. The standard InChI is InChI=1S/C18H26N2O3/c1-12-6-9-19-16(13(2)21)15(12)14-7-10-20(11-8-14)17(22)23-18(3,4)5/h6-7,9,13,21H,8,10-11H2,1-5H3. The van der Waals surface area contributed by atoms with E-state index in [-0.39, 0.29) is 6.09 Å². The van der Waals surface area contributed by atoms with Gasteiger partial charge in [-0.3, -0.25) is 4.98 Å². The average molecular weight is 318 g/mol. The Kier molecular flexibility index (Phi) is 5.09. The largest absolute Gasteiger partial charge is 0.444 e. The van der Waals surface area contributed by atoms with E-state index in [0.717, 1.165) is 23.1 Å². The van der Waals surface area contributed by atoms with Crippen LogP contribution >= 0.6 is 0 Å². The molecule has 1 aliphatic heterocycles. The van der Waals surface area contributed by atoms with Gasteiger partial charge in [0.15, 0.2) is 0 Å². The van der Waals surface area contributed by atoms with Gasteiger partial charge >= 0.3 is 6.09 Å². The number of nitrogens with zero attached hydrogens (tertiary/aromatic N) is 2. The molecule has 1 amide bonds. The second-order valence-electron chi connectivity index (χ2n) is 6.97. The highest BCUT2D eigenvalue weighted by Crippen LogP contribution is 2.30. The zero-order valence-electron chi connectivity index (χ0n) is 14.6. The molecule has 0 radical (unpaired) electrons. The first-order valence-corrected chi connectivity index (χ1v) is 8.00. The topological polar surface area (TPSA) is 62.7 Å². The zero-order chi connectivity index (χ0) is 17.2. The first kappa shape index (κ1) is 17.5. The van der Waals surface area contributed by atoms with Crippen molar-refractivity contribution in [3.8, 4) is 0 Å². The van der Waals surface area contributed by atoms with Crippen LogP contribution in [-0.2, 0) is 4.74 Å². The number of hydrogen-bond acceptors (Lipinski definition) is 4. The summed E-state index contributed by atoms with van der Waals surface area (Å²) in [6.45, 7) is 10.5. The van der Waals surface area contributed by atoms with Crippen LogP contribution in [0.1, 0.15) is 57.0 Å². The molecule has 2 rings (SSSR count). The molecule has 1 aromatic rings. The summed E-state index contributed by atoms with van der Waals surface area (Å²) in [7, 11) is 0.